The third kappa shape index (κ3) is 2.54. The second kappa shape index (κ2) is 5.48. The standard InChI is InChI=1S/C18H22FN3O/c1-5-13-15(16(19)22(4)21-13)17(23)20-14-8-6-7-12-11(14)9-10-18(12,2)3/h6-8H,5,9-10H2,1-4H3,(H,20,23). The van der Waals surface area contributed by atoms with Crippen LogP contribution in [0.4, 0.5) is 10.1 Å². The minimum Gasteiger partial charge on any atom is -0.322 e. The Balaban J connectivity index is 1.96. The molecule has 122 valence electrons. The Morgan fingerprint density at radius 1 is 1.43 bits per heavy atom. The number of fused-ring (bicyclic) bond motifs is 1. The summed E-state index contributed by atoms with van der Waals surface area (Å²) in [6.45, 7) is 6.28. The van der Waals surface area contributed by atoms with Gasteiger partial charge in [0.15, 0.2) is 0 Å². The highest BCUT2D eigenvalue weighted by Crippen LogP contribution is 2.41. The number of hydrogen-bond acceptors (Lipinski definition) is 2. The molecule has 0 saturated heterocycles. The van der Waals surface area contributed by atoms with Gasteiger partial charge in [-0.1, -0.05) is 32.9 Å². The van der Waals surface area contributed by atoms with Crippen molar-refractivity contribution in [3.8, 4) is 0 Å². The van der Waals surface area contributed by atoms with E-state index in [0.29, 0.717) is 12.1 Å². The lowest BCUT2D eigenvalue weighted by Gasteiger charge is -2.19. The monoisotopic (exact) mass is 315 g/mol. The van der Waals surface area contributed by atoms with Crippen molar-refractivity contribution in [3.63, 3.8) is 0 Å². The summed E-state index contributed by atoms with van der Waals surface area (Å²) in [5.41, 5.74) is 3.85. The van der Waals surface area contributed by atoms with E-state index in [4.69, 9.17) is 0 Å². The van der Waals surface area contributed by atoms with Crippen LogP contribution in [0.3, 0.4) is 0 Å². The van der Waals surface area contributed by atoms with Gasteiger partial charge >= 0.3 is 0 Å². The average Bonchev–Trinajstić information content (AvgIpc) is 2.97. The largest absolute Gasteiger partial charge is 0.322 e. The van der Waals surface area contributed by atoms with Gasteiger partial charge in [-0.2, -0.15) is 9.49 Å². The van der Waals surface area contributed by atoms with E-state index in [2.05, 4.69) is 30.3 Å². The molecule has 0 radical (unpaired) electrons. The van der Waals surface area contributed by atoms with E-state index in [0.717, 1.165) is 28.8 Å². The fourth-order valence-electron chi connectivity index (χ4n) is 3.39. The Bertz CT molecular complexity index is 777. The van der Waals surface area contributed by atoms with Crippen LogP contribution in [-0.4, -0.2) is 15.7 Å². The number of anilines is 1. The Morgan fingerprint density at radius 2 is 2.17 bits per heavy atom. The maximum atomic E-state index is 14.2. The molecule has 1 aromatic carbocycles. The smallest absolute Gasteiger partial charge is 0.262 e. The molecular weight excluding hydrogens is 293 g/mol. The SMILES string of the molecule is CCc1nn(C)c(F)c1C(=O)Nc1cccc2c1CCC2(C)C. The van der Waals surface area contributed by atoms with Crippen molar-refractivity contribution >= 4 is 11.6 Å². The number of benzene rings is 1. The summed E-state index contributed by atoms with van der Waals surface area (Å²) in [5, 5.41) is 6.96. The van der Waals surface area contributed by atoms with Gasteiger partial charge in [-0.05, 0) is 41.9 Å². The average molecular weight is 315 g/mol. The van der Waals surface area contributed by atoms with Gasteiger partial charge < -0.3 is 5.32 Å². The van der Waals surface area contributed by atoms with Gasteiger partial charge in [0.1, 0.15) is 5.56 Å². The fourth-order valence-corrected chi connectivity index (χ4v) is 3.39. The zero-order chi connectivity index (χ0) is 16.8. The number of carbonyl (C=O) groups is 1. The lowest BCUT2D eigenvalue weighted by Crippen LogP contribution is -2.17. The Morgan fingerprint density at radius 3 is 2.87 bits per heavy atom. The molecule has 2 aromatic rings. The summed E-state index contributed by atoms with van der Waals surface area (Å²) in [4.78, 5) is 12.6. The number of aryl methyl sites for hydroxylation is 2. The number of halogens is 1. The highest BCUT2D eigenvalue weighted by atomic mass is 19.1. The molecule has 1 amide bonds. The molecule has 1 N–H and O–H groups in total. The van der Waals surface area contributed by atoms with Crippen molar-refractivity contribution in [1.82, 2.24) is 9.78 Å². The van der Waals surface area contributed by atoms with Crippen molar-refractivity contribution in [2.45, 2.75) is 45.4 Å². The molecule has 0 aliphatic heterocycles. The van der Waals surface area contributed by atoms with Crippen LogP contribution >= 0.6 is 0 Å². The topological polar surface area (TPSA) is 46.9 Å². The first kappa shape index (κ1) is 15.7. The molecule has 5 heteroatoms. The molecule has 23 heavy (non-hydrogen) atoms. The maximum absolute atomic E-state index is 14.2. The third-order valence-electron chi connectivity index (χ3n) is 4.77. The highest BCUT2D eigenvalue weighted by Gasteiger charge is 2.32. The second-order valence-electron chi connectivity index (χ2n) is 6.76. The molecule has 0 bridgehead atoms. The van der Waals surface area contributed by atoms with E-state index in [9.17, 15) is 9.18 Å². The predicted octanol–water partition coefficient (Wildman–Crippen LogP) is 3.60. The molecule has 3 rings (SSSR count). The minimum atomic E-state index is -0.591. The van der Waals surface area contributed by atoms with Crippen LogP contribution in [0.2, 0.25) is 0 Å². The molecule has 0 saturated carbocycles. The number of hydrogen-bond donors (Lipinski definition) is 1. The van der Waals surface area contributed by atoms with Crippen LogP contribution in [0.1, 0.15) is 54.4 Å². The van der Waals surface area contributed by atoms with E-state index in [1.54, 1.807) is 0 Å². The molecule has 0 atom stereocenters. The number of nitrogens with one attached hydrogen (secondary N) is 1. The van der Waals surface area contributed by atoms with Gasteiger partial charge in [0.2, 0.25) is 5.95 Å². The summed E-state index contributed by atoms with van der Waals surface area (Å²) in [5.74, 6) is -1.02. The van der Waals surface area contributed by atoms with Gasteiger partial charge in [0, 0.05) is 12.7 Å². The lowest BCUT2D eigenvalue weighted by molar-refractivity contribution is 0.102. The first-order valence-corrected chi connectivity index (χ1v) is 8.00. The highest BCUT2D eigenvalue weighted by molar-refractivity contribution is 6.05. The normalized spacial score (nSPS) is 15.5. The molecular formula is C18H22FN3O. The van der Waals surface area contributed by atoms with Crippen molar-refractivity contribution in [2.75, 3.05) is 5.32 Å². The lowest BCUT2D eigenvalue weighted by atomic mass is 9.86. The van der Waals surface area contributed by atoms with Crippen molar-refractivity contribution in [2.24, 2.45) is 7.05 Å². The van der Waals surface area contributed by atoms with Crippen LogP contribution in [0, 0.1) is 5.95 Å². The molecule has 1 heterocycles. The van der Waals surface area contributed by atoms with Crippen LogP contribution in [0.15, 0.2) is 18.2 Å². The molecule has 1 aliphatic rings. The summed E-state index contributed by atoms with van der Waals surface area (Å²) in [6, 6.07) is 5.94. The number of aromatic nitrogens is 2. The van der Waals surface area contributed by atoms with Gasteiger partial charge in [0.05, 0.1) is 5.69 Å². The first-order valence-electron chi connectivity index (χ1n) is 8.00. The maximum Gasteiger partial charge on any atom is 0.262 e. The van der Waals surface area contributed by atoms with Crippen LogP contribution < -0.4 is 5.32 Å². The zero-order valence-electron chi connectivity index (χ0n) is 14.0. The Labute approximate surface area is 135 Å². The van der Waals surface area contributed by atoms with E-state index < -0.39 is 11.9 Å². The summed E-state index contributed by atoms with van der Waals surface area (Å²) >= 11 is 0. The number of carbonyl (C=O) groups excluding carboxylic acids is 1. The zero-order valence-corrected chi connectivity index (χ0v) is 14.0. The van der Waals surface area contributed by atoms with Gasteiger partial charge in [-0.15, -0.1) is 0 Å². The first-order chi connectivity index (χ1) is 10.8. The molecule has 0 fully saturated rings. The number of amides is 1. The van der Waals surface area contributed by atoms with Gasteiger partial charge in [-0.3, -0.25) is 4.79 Å². The number of nitrogens with zero attached hydrogens (tertiary/aromatic N) is 2. The summed E-state index contributed by atoms with van der Waals surface area (Å²) < 4.78 is 15.3. The van der Waals surface area contributed by atoms with E-state index >= 15 is 0 Å². The molecule has 1 aromatic heterocycles. The van der Waals surface area contributed by atoms with E-state index in [-0.39, 0.29) is 11.0 Å². The van der Waals surface area contributed by atoms with E-state index in [1.165, 1.54) is 12.6 Å². The number of rotatable bonds is 3. The second-order valence-corrected chi connectivity index (χ2v) is 6.76. The van der Waals surface area contributed by atoms with Crippen LogP contribution in [0.5, 0.6) is 0 Å². The quantitative estimate of drug-likeness (QED) is 0.941. The van der Waals surface area contributed by atoms with Gasteiger partial charge in [0.25, 0.3) is 5.91 Å². The van der Waals surface area contributed by atoms with Crippen molar-refractivity contribution < 1.29 is 9.18 Å². The van der Waals surface area contributed by atoms with Crippen molar-refractivity contribution in [1.29, 1.82) is 0 Å². The van der Waals surface area contributed by atoms with Crippen LogP contribution in [-0.2, 0) is 25.3 Å². The van der Waals surface area contributed by atoms with E-state index in [1.807, 2.05) is 19.1 Å². The summed E-state index contributed by atoms with van der Waals surface area (Å²) in [7, 11) is 1.51. The Hall–Kier alpha value is -2.17. The molecule has 1 aliphatic carbocycles. The fraction of sp³-hybridized carbons (Fsp3) is 0.444. The predicted molar refractivity (Wildman–Crippen MR) is 88.3 cm³/mol. The van der Waals surface area contributed by atoms with Crippen molar-refractivity contribution in [3.05, 3.63) is 46.5 Å². The van der Waals surface area contributed by atoms with Crippen LogP contribution in [0.25, 0.3) is 0 Å². The van der Waals surface area contributed by atoms with Gasteiger partial charge in [-0.25, -0.2) is 4.68 Å². The summed E-state index contributed by atoms with van der Waals surface area (Å²) in [6.07, 6.45) is 2.49. The minimum absolute atomic E-state index is 0.0462. The third-order valence-corrected chi connectivity index (χ3v) is 4.77. The molecule has 0 unspecified atom stereocenters. The molecule has 0 spiro atoms. The Kier molecular flexibility index (Phi) is 3.74. The molecule has 4 nitrogen and oxygen atoms in total.